The maximum atomic E-state index is 13.5. The number of benzene rings is 1. The number of nitrogens with zero attached hydrogens (tertiary/aromatic N) is 3. The third-order valence-electron chi connectivity index (χ3n) is 2.97. The highest BCUT2D eigenvalue weighted by Crippen LogP contribution is 2.32. The van der Waals surface area contributed by atoms with Gasteiger partial charge in [-0.1, -0.05) is 6.07 Å². The second kappa shape index (κ2) is 5.92. The average molecular weight is 325 g/mol. The van der Waals surface area contributed by atoms with E-state index >= 15 is 0 Å². The molecule has 0 fully saturated rings. The maximum absolute atomic E-state index is 13.5. The van der Waals surface area contributed by atoms with Crippen LogP contribution in [0.5, 0.6) is 0 Å². The Balaban J connectivity index is 2.10. The molecule has 0 bridgehead atoms. The van der Waals surface area contributed by atoms with Crippen LogP contribution in [0.15, 0.2) is 41.5 Å². The summed E-state index contributed by atoms with van der Waals surface area (Å²) < 4.78 is 27.4. The van der Waals surface area contributed by atoms with Gasteiger partial charge in [0.1, 0.15) is 11.9 Å². The highest BCUT2D eigenvalue weighted by molar-refractivity contribution is 7.92. The van der Waals surface area contributed by atoms with Gasteiger partial charge >= 0.3 is 0 Å². The fourth-order valence-electron chi connectivity index (χ4n) is 2.03. The summed E-state index contributed by atoms with van der Waals surface area (Å²) >= 11 is 1.30. The lowest BCUT2D eigenvalue weighted by Crippen LogP contribution is -2.07. The molecule has 1 N–H and O–H groups in total. The van der Waals surface area contributed by atoms with Gasteiger partial charge in [0.25, 0.3) is 0 Å². The molecule has 8 heteroatoms. The van der Waals surface area contributed by atoms with Crippen molar-refractivity contribution in [2.45, 2.75) is 6.10 Å². The normalized spacial score (nSPS) is 12.5. The van der Waals surface area contributed by atoms with Crippen LogP contribution in [0.4, 0.5) is 8.28 Å². The largest absolute Gasteiger partial charge is 0.380 e. The highest BCUT2D eigenvalue weighted by atomic mass is 32.2. The predicted molar refractivity (Wildman–Crippen MR) is 77.9 cm³/mol. The van der Waals surface area contributed by atoms with E-state index in [1.165, 1.54) is 41.9 Å². The third-order valence-corrected chi connectivity index (χ3v) is 4.02. The number of rotatable bonds is 4. The van der Waals surface area contributed by atoms with Crippen LogP contribution in [0.25, 0.3) is 11.3 Å². The molecule has 1 unspecified atom stereocenters. The van der Waals surface area contributed by atoms with E-state index in [-0.39, 0.29) is 18.2 Å². The molecule has 0 amide bonds. The van der Waals surface area contributed by atoms with Gasteiger partial charge in [0.05, 0.1) is 11.2 Å². The van der Waals surface area contributed by atoms with Crippen LogP contribution in [0.3, 0.4) is 0 Å². The zero-order valence-electron chi connectivity index (χ0n) is 10.5. The molecule has 21 heavy (non-hydrogen) atoms. The molecule has 0 aliphatic rings. The van der Waals surface area contributed by atoms with Crippen LogP contribution in [-0.2, 0) is 0 Å². The standard InChI is InChI=1S/C13H9F2N3OS2/c14-8-1-2-9(10(5-8)11-6-20-7-17-11)12(19)13-16-3-4-18(13)21-15/h1-7,12,19H. The summed E-state index contributed by atoms with van der Waals surface area (Å²) in [6.45, 7) is 0. The van der Waals surface area contributed by atoms with E-state index in [1.54, 1.807) is 10.9 Å². The number of aliphatic hydroxyl groups excluding tert-OH is 1. The fourth-order valence-corrected chi connectivity index (χ4v) is 2.90. The van der Waals surface area contributed by atoms with Crippen LogP contribution < -0.4 is 0 Å². The van der Waals surface area contributed by atoms with Crippen molar-refractivity contribution >= 4 is 23.7 Å². The molecule has 2 aromatic heterocycles. The lowest BCUT2D eigenvalue weighted by Gasteiger charge is -2.14. The van der Waals surface area contributed by atoms with E-state index < -0.39 is 11.9 Å². The summed E-state index contributed by atoms with van der Waals surface area (Å²) in [4.78, 5) is 8.08. The van der Waals surface area contributed by atoms with Crippen LogP contribution in [0, 0.1) is 5.82 Å². The number of aliphatic hydroxyl groups is 1. The second-order valence-corrected chi connectivity index (χ2v) is 5.44. The topological polar surface area (TPSA) is 50.9 Å². The summed E-state index contributed by atoms with van der Waals surface area (Å²) in [5.41, 5.74) is 3.06. The molecular formula is C13H9F2N3OS2. The van der Waals surface area contributed by atoms with Crippen molar-refractivity contribution in [3.63, 3.8) is 0 Å². The van der Waals surface area contributed by atoms with Gasteiger partial charge in [-0.2, -0.15) is 0 Å². The summed E-state index contributed by atoms with van der Waals surface area (Å²) in [7, 11) is 0. The monoisotopic (exact) mass is 325 g/mol. The Bertz CT molecular complexity index is 746. The van der Waals surface area contributed by atoms with Gasteiger partial charge in [0.2, 0.25) is 0 Å². The van der Waals surface area contributed by atoms with Crippen LogP contribution >= 0.6 is 23.7 Å². The molecule has 0 aliphatic heterocycles. The van der Waals surface area contributed by atoms with Gasteiger partial charge in [-0.05, 0) is 17.7 Å². The quantitative estimate of drug-likeness (QED) is 0.796. The Hall–Kier alpha value is -1.77. The first kappa shape index (κ1) is 14.2. The smallest absolute Gasteiger partial charge is 0.170 e. The predicted octanol–water partition coefficient (Wildman–Crippen LogP) is 3.61. The summed E-state index contributed by atoms with van der Waals surface area (Å²) in [5, 5.41) is 12.2. The van der Waals surface area contributed by atoms with E-state index in [2.05, 4.69) is 9.97 Å². The molecule has 1 aromatic carbocycles. The first-order chi connectivity index (χ1) is 10.2. The van der Waals surface area contributed by atoms with E-state index in [9.17, 15) is 13.4 Å². The molecule has 3 aromatic rings. The van der Waals surface area contributed by atoms with Gasteiger partial charge in [0.15, 0.2) is 18.2 Å². The Kier molecular flexibility index (Phi) is 4.00. The molecule has 2 heterocycles. The number of hydrogen-bond donors (Lipinski definition) is 1. The van der Waals surface area contributed by atoms with Gasteiger partial charge in [0, 0.05) is 23.3 Å². The number of thiazole rings is 1. The van der Waals surface area contributed by atoms with Crippen molar-refractivity contribution < 1.29 is 13.4 Å². The van der Waals surface area contributed by atoms with E-state index in [1.807, 2.05) is 0 Å². The van der Waals surface area contributed by atoms with E-state index in [0.29, 0.717) is 16.8 Å². The molecule has 0 aliphatic carbocycles. The zero-order valence-corrected chi connectivity index (χ0v) is 12.1. The lowest BCUT2D eigenvalue weighted by atomic mass is 10.00. The molecule has 0 saturated carbocycles. The molecule has 3 rings (SSSR count). The first-order valence-corrected chi connectivity index (χ1v) is 7.50. The van der Waals surface area contributed by atoms with Crippen molar-refractivity contribution in [1.29, 1.82) is 0 Å². The Morgan fingerprint density at radius 1 is 1.33 bits per heavy atom. The van der Waals surface area contributed by atoms with E-state index in [4.69, 9.17) is 0 Å². The third kappa shape index (κ3) is 2.69. The van der Waals surface area contributed by atoms with Crippen LogP contribution in [0.2, 0.25) is 0 Å². The van der Waals surface area contributed by atoms with Gasteiger partial charge in [-0.15, -0.1) is 15.2 Å². The van der Waals surface area contributed by atoms with Crippen molar-refractivity contribution in [2.75, 3.05) is 0 Å². The molecule has 0 radical (unpaired) electrons. The maximum Gasteiger partial charge on any atom is 0.170 e. The molecule has 0 saturated heterocycles. The SMILES string of the molecule is OC(c1ccc(F)cc1-c1cscn1)c1nccn1SF. The minimum absolute atomic E-state index is 0.0619. The van der Waals surface area contributed by atoms with Gasteiger partial charge < -0.3 is 5.11 Å². The second-order valence-electron chi connectivity index (χ2n) is 4.19. The summed E-state index contributed by atoms with van der Waals surface area (Å²) in [5.74, 6) is -0.303. The molecule has 4 nitrogen and oxygen atoms in total. The molecule has 1 atom stereocenters. The van der Waals surface area contributed by atoms with Crippen molar-refractivity contribution in [2.24, 2.45) is 0 Å². The van der Waals surface area contributed by atoms with Crippen LogP contribution in [-0.4, -0.2) is 19.0 Å². The highest BCUT2D eigenvalue weighted by Gasteiger charge is 2.21. The number of halogens is 2. The number of aromatic nitrogens is 3. The van der Waals surface area contributed by atoms with Gasteiger partial charge in [-0.3, -0.25) is 0 Å². The van der Waals surface area contributed by atoms with E-state index in [0.717, 1.165) is 3.97 Å². The molecule has 0 spiro atoms. The average Bonchev–Trinajstić information content (AvgIpc) is 3.17. The summed E-state index contributed by atoms with van der Waals surface area (Å²) in [6.07, 6.45) is 1.60. The van der Waals surface area contributed by atoms with Crippen LogP contribution in [0.1, 0.15) is 17.5 Å². The van der Waals surface area contributed by atoms with Gasteiger partial charge in [-0.25, -0.2) is 18.3 Å². The fraction of sp³-hybridized carbons (Fsp3) is 0.0769. The Labute approximate surface area is 127 Å². The van der Waals surface area contributed by atoms with Crippen molar-refractivity contribution in [3.05, 3.63) is 58.7 Å². The Morgan fingerprint density at radius 3 is 2.90 bits per heavy atom. The van der Waals surface area contributed by atoms with Crippen molar-refractivity contribution in [3.8, 4) is 11.3 Å². The summed E-state index contributed by atoms with van der Waals surface area (Å²) in [6, 6.07) is 3.99. The lowest BCUT2D eigenvalue weighted by molar-refractivity contribution is 0.210. The minimum atomic E-state index is -1.18. The first-order valence-electron chi connectivity index (χ1n) is 5.89. The Morgan fingerprint density at radius 2 is 2.19 bits per heavy atom. The molecule has 108 valence electrons. The number of imidazole rings is 1. The molecular weight excluding hydrogens is 316 g/mol. The zero-order chi connectivity index (χ0) is 14.8. The van der Waals surface area contributed by atoms with Crippen molar-refractivity contribution in [1.82, 2.24) is 13.9 Å². The minimum Gasteiger partial charge on any atom is -0.380 e. The number of hydrogen-bond acceptors (Lipinski definition) is 5.